The molecule has 154 valence electrons. The standard InChI is InChI=1S/C22H19F2N3O3/c23-18-3-1-2-15(21(18)24)13-30-17-6-4-14(5-7-17)22-25-10-16-11-27(12-20(28)29)9-8-19(16)26-22/h1-7,10H,8-9,11-13H2,(H,28,29). The average Bonchev–Trinajstić information content (AvgIpc) is 2.74. The van der Waals surface area contributed by atoms with Crippen molar-refractivity contribution in [3.8, 4) is 17.1 Å². The second-order valence-electron chi connectivity index (χ2n) is 7.05. The Morgan fingerprint density at radius 1 is 1.17 bits per heavy atom. The Hall–Kier alpha value is -3.39. The zero-order chi connectivity index (χ0) is 21.1. The van der Waals surface area contributed by atoms with E-state index in [9.17, 15) is 13.6 Å². The summed E-state index contributed by atoms with van der Waals surface area (Å²) in [5, 5.41) is 8.94. The van der Waals surface area contributed by atoms with E-state index in [1.165, 1.54) is 12.1 Å². The molecule has 0 amide bonds. The minimum atomic E-state index is -0.904. The Bertz CT molecular complexity index is 1070. The first-order valence-electron chi connectivity index (χ1n) is 9.44. The number of halogens is 2. The number of fused-ring (bicyclic) bond motifs is 1. The van der Waals surface area contributed by atoms with Gasteiger partial charge in [0, 0.05) is 42.4 Å². The number of carboxylic acids is 1. The maximum atomic E-state index is 13.7. The summed E-state index contributed by atoms with van der Waals surface area (Å²) in [6, 6.07) is 11.0. The number of hydrogen-bond acceptors (Lipinski definition) is 5. The number of hydrogen-bond donors (Lipinski definition) is 1. The molecule has 0 saturated heterocycles. The van der Waals surface area contributed by atoms with Gasteiger partial charge in [0.15, 0.2) is 17.5 Å². The van der Waals surface area contributed by atoms with Crippen molar-refractivity contribution in [1.29, 1.82) is 0 Å². The number of benzene rings is 2. The van der Waals surface area contributed by atoms with Crippen molar-refractivity contribution in [2.24, 2.45) is 0 Å². The Morgan fingerprint density at radius 2 is 1.97 bits per heavy atom. The molecule has 8 heteroatoms. The molecule has 0 fully saturated rings. The normalized spacial score (nSPS) is 13.7. The summed E-state index contributed by atoms with van der Waals surface area (Å²) in [5.41, 5.74) is 2.80. The lowest BCUT2D eigenvalue weighted by molar-refractivity contribution is -0.138. The van der Waals surface area contributed by atoms with Crippen LogP contribution >= 0.6 is 0 Å². The minimum absolute atomic E-state index is 0.00216. The van der Waals surface area contributed by atoms with Gasteiger partial charge in [0.05, 0.1) is 12.2 Å². The van der Waals surface area contributed by atoms with Gasteiger partial charge in [0.25, 0.3) is 0 Å². The van der Waals surface area contributed by atoms with Crippen molar-refractivity contribution >= 4 is 5.97 Å². The largest absolute Gasteiger partial charge is 0.489 e. The molecule has 0 unspecified atom stereocenters. The van der Waals surface area contributed by atoms with Crippen molar-refractivity contribution in [1.82, 2.24) is 14.9 Å². The van der Waals surface area contributed by atoms with Crippen LogP contribution in [-0.4, -0.2) is 39.0 Å². The fraction of sp³-hybridized carbons (Fsp3) is 0.227. The van der Waals surface area contributed by atoms with Gasteiger partial charge in [-0.1, -0.05) is 12.1 Å². The van der Waals surface area contributed by atoms with Gasteiger partial charge in [-0.25, -0.2) is 18.7 Å². The summed E-state index contributed by atoms with van der Waals surface area (Å²) < 4.78 is 32.5. The summed E-state index contributed by atoms with van der Waals surface area (Å²) in [6.45, 7) is 1.08. The zero-order valence-electron chi connectivity index (χ0n) is 16.0. The topological polar surface area (TPSA) is 75.5 Å². The van der Waals surface area contributed by atoms with Gasteiger partial charge in [0.2, 0.25) is 0 Å². The van der Waals surface area contributed by atoms with Gasteiger partial charge < -0.3 is 9.84 Å². The van der Waals surface area contributed by atoms with Crippen molar-refractivity contribution < 1.29 is 23.4 Å². The van der Waals surface area contributed by atoms with Gasteiger partial charge in [-0.05, 0) is 30.3 Å². The molecule has 1 aliphatic rings. The summed E-state index contributed by atoms with van der Waals surface area (Å²) in [6.07, 6.45) is 2.40. The molecule has 2 heterocycles. The maximum Gasteiger partial charge on any atom is 0.317 e. The van der Waals surface area contributed by atoms with Crippen LogP contribution in [0.15, 0.2) is 48.7 Å². The van der Waals surface area contributed by atoms with E-state index in [2.05, 4.69) is 9.97 Å². The molecule has 0 bridgehead atoms. The van der Waals surface area contributed by atoms with Gasteiger partial charge in [-0.2, -0.15) is 0 Å². The van der Waals surface area contributed by atoms with Crippen LogP contribution in [0.2, 0.25) is 0 Å². The minimum Gasteiger partial charge on any atom is -0.489 e. The molecular formula is C22H19F2N3O3. The molecule has 1 aromatic heterocycles. The molecule has 0 spiro atoms. The molecule has 0 atom stereocenters. The Labute approximate surface area is 171 Å². The van der Waals surface area contributed by atoms with Crippen LogP contribution in [0.25, 0.3) is 11.4 Å². The molecule has 0 aliphatic carbocycles. The number of nitrogens with zero attached hydrogens (tertiary/aromatic N) is 3. The van der Waals surface area contributed by atoms with Crippen LogP contribution in [0.5, 0.6) is 5.75 Å². The molecule has 4 rings (SSSR count). The smallest absolute Gasteiger partial charge is 0.317 e. The maximum absolute atomic E-state index is 13.7. The van der Waals surface area contributed by atoms with E-state index in [1.807, 2.05) is 4.90 Å². The van der Waals surface area contributed by atoms with Crippen molar-refractivity contribution in [2.75, 3.05) is 13.1 Å². The van der Waals surface area contributed by atoms with Crippen LogP contribution in [0.3, 0.4) is 0 Å². The number of rotatable bonds is 6. The third-order valence-electron chi connectivity index (χ3n) is 4.91. The molecule has 1 aliphatic heterocycles. The third-order valence-corrected chi connectivity index (χ3v) is 4.91. The summed E-state index contributed by atoms with van der Waals surface area (Å²) in [7, 11) is 0. The Morgan fingerprint density at radius 3 is 2.73 bits per heavy atom. The highest BCUT2D eigenvalue weighted by Gasteiger charge is 2.20. The summed E-state index contributed by atoms with van der Waals surface area (Å²) >= 11 is 0. The highest BCUT2D eigenvalue weighted by atomic mass is 19.2. The van der Waals surface area contributed by atoms with E-state index in [0.29, 0.717) is 31.1 Å². The molecule has 0 saturated carbocycles. The zero-order valence-corrected chi connectivity index (χ0v) is 16.0. The summed E-state index contributed by atoms with van der Waals surface area (Å²) in [4.78, 5) is 21.8. The van der Waals surface area contributed by atoms with Crippen LogP contribution in [0.1, 0.15) is 16.8 Å². The monoisotopic (exact) mass is 411 g/mol. The summed E-state index contributed by atoms with van der Waals surface area (Å²) in [5.74, 6) is -1.56. The first-order chi connectivity index (χ1) is 14.5. The van der Waals surface area contributed by atoms with E-state index in [1.54, 1.807) is 30.5 Å². The SMILES string of the molecule is O=C(O)CN1CCc2nc(-c3ccc(OCc4cccc(F)c4F)cc3)ncc2C1. The van der Waals surface area contributed by atoms with E-state index in [4.69, 9.17) is 9.84 Å². The second kappa shape index (κ2) is 8.54. The van der Waals surface area contributed by atoms with Crippen LogP contribution in [0.4, 0.5) is 8.78 Å². The average molecular weight is 411 g/mol. The quantitative estimate of drug-likeness (QED) is 0.670. The third kappa shape index (κ3) is 4.44. The predicted molar refractivity (Wildman–Crippen MR) is 105 cm³/mol. The molecule has 3 aromatic rings. The molecule has 2 aromatic carbocycles. The highest BCUT2D eigenvalue weighted by Crippen LogP contribution is 2.23. The number of ether oxygens (including phenoxy) is 1. The van der Waals surface area contributed by atoms with E-state index >= 15 is 0 Å². The Balaban J connectivity index is 1.43. The second-order valence-corrected chi connectivity index (χ2v) is 7.05. The van der Waals surface area contributed by atoms with E-state index < -0.39 is 17.6 Å². The first kappa shape index (κ1) is 19.9. The predicted octanol–water partition coefficient (Wildman–Crippen LogP) is 3.44. The molecule has 30 heavy (non-hydrogen) atoms. The van der Waals surface area contributed by atoms with Gasteiger partial charge in [0.1, 0.15) is 12.4 Å². The lowest BCUT2D eigenvalue weighted by Crippen LogP contribution is -2.35. The van der Waals surface area contributed by atoms with Crippen molar-refractivity contribution in [3.63, 3.8) is 0 Å². The van der Waals surface area contributed by atoms with Crippen molar-refractivity contribution in [2.45, 2.75) is 19.6 Å². The van der Waals surface area contributed by atoms with Crippen LogP contribution < -0.4 is 4.74 Å². The lowest BCUT2D eigenvalue weighted by atomic mass is 10.1. The number of aromatic nitrogens is 2. The van der Waals surface area contributed by atoms with E-state index in [-0.39, 0.29) is 18.7 Å². The molecular weight excluding hydrogens is 392 g/mol. The molecule has 6 nitrogen and oxygen atoms in total. The number of carbonyl (C=O) groups is 1. The van der Waals surface area contributed by atoms with Crippen LogP contribution in [-0.2, 0) is 24.4 Å². The van der Waals surface area contributed by atoms with Crippen molar-refractivity contribution in [3.05, 3.63) is 77.1 Å². The first-order valence-corrected chi connectivity index (χ1v) is 9.44. The Kier molecular flexibility index (Phi) is 5.67. The number of carboxylic acid groups (broad SMARTS) is 1. The van der Waals surface area contributed by atoms with Crippen LogP contribution in [0, 0.1) is 11.6 Å². The molecule has 1 N–H and O–H groups in total. The van der Waals surface area contributed by atoms with Gasteiger partial charge >= 0.3 is 5.97 Å². The lowest BCUT2D eigenvalue weighted by Gasteiger charge is -2.26. The molecule has 0 radical (unpaired) electrons. The van der Waals surface area contributed by atoms with Gasteiger partial charge in [-0.3, -0.25) is 9.69 Å². The van der Waals surface area contributed by atoms with Gasteiger partial charge in [-0.15, -0.1) is 0 Å². The fourth-order valence-corrected chi connectivity index (χ4v) is 3.36. The highest BCUT2D eigenvalue weighted by molar-refractivity contribution is 5.69. The van der Waals surface area contributed by atoms with E-state index in [0.717, 1.165) is 22.9 Å². The fourth-order valence-electron chi connectivity index (χ4n) is 3.36. The number of aliphatic carboxylic acids is 1.